The first-order chi connectivity index (χ1) is 6.11. The van der Waals surface area contributed by atoms with Gasteiger partial charge >= 0.3 is 0 Å². The molecule has 5 heteroatoms. The summed E-state index contributed by atoms with van der Waals surface area (Å²) in [6, 6.07) is 2.27. The van der Waals surface area contributed by atoms with Gasteiger partial charge in [0.25, 0.3) is 0 Å². The summed E-state index contributed by atoms with van der Waals surface area (Å²) in [6.45, 7) is 1.27. The van der Waals surface area contributed by atoms with Crippen LogP contribution in [0.4, 0.5) is 10.2 Å². The van der Waals surface area contributed by atoms with Crippen LogP contribution in [0.5, 0.6) is 0 Å². The zero-order chi connectivity index (χ0) is 9.84. The fourth-order valence-corrected chi connectivity index (χ4v) is 0.829. The van der Waals surface area contributed by atoms with E-state index in [1.54, 1.807) is 0 Å². The van der Waals surface area contributed by atoms with Crippen molar-refractivity contribution < 1.29 is 14.0 Å². The number of aromatic nitrogens is 1. The molecular weight excluding hydrogens is 175 g/mol. The molecule has 0 bridgehead atoms. The lowest BCUT2D eigenvalue weighted by Gasteiger charge is -2.00. The highest BCUT2D eigenvalue weighted by atomic mass is 19.1. The van der Waals surface area contributed by atoms with Crippen molar-refractivity contribution in [3.8, 4) is 0 Å². The van der Waals surface area contributed by atoms with Crippen LogP contribution in [0.3, 0.4) is 0 Å². The summed E-state index contributed by atoms with van der Waals surface area (Å²) in [5.41, 5.74) is 0.135. The minimum Gasteiger partial charge on any atom is -0.311 e. The third kappa shape index (κ3) is 2.62. The van der Waals surface area contributed by atoms with Gasteiger partial charge in [0.05, 0.1) is 0 Å². The number of amides is 1. The molecule has 0 atom stereocenters. The van der Waals surface area contributed by atoms with E-state index in [1.807, 2.05) is 0 Å². The van der Waals surface area contributed by atoms with E-state index < -0.39 is 5.95 Å². The first kappa shape index (κ1) is 9.31. The second-order valence-electron chi connectivity index (χ2n) is 2.41. The van der Waals surface area contributed by atoms with Crippen LogP contribution in [0.1, 0.15) is 17.3 Å². The Morgan fingerprint density at radius 2 is 2.31 bits per heavy atom. The van der Waals surface area contributed by atoms with Crippen LogP contribution < -0.4 is 5.32 Å². The van der Waals surface area contributed by atoms with Gasteiger partial charge in [0, 0.05) is 18.6 Å². The van der Waals surface area contributed by atoms with Crippen molar-refractivity contribution in [3.05, 3.63) is 23.6 Å². The number of anilines is 1. The third-order valence-electron chi connectivity index (χ3n) is 1.26. The SMILES string of the molecule is CC(=O)Nc1cc(C=O)cc(F)n1. The second-order valence-corrected chi connectivity index (χ2v) is 2.41. The summed E-state index contributed by atoms with van der Waals surface area (Å²) in [5.74, 6) is -1.13. The molecule has 0 aromatic carbocycles. The maximum absolute atomic E-state index is 12.6. The Balaban J connectivity index is 3.01. The highest BCUT2D eigenvalue weighted by molar-refractivity contribution is 5.88. The largest absolute Gasteiger partial charge is 0.311 e. The summed E-state index contributed by atoms with van der Waals surface area (Å²) in [6.07, 6.45) is 0.482. The molecule has 13 heavy (non-hydrogen) atoms. The smallest absolute Gasteiger partial charge is 0.222 e. The fourth-order valence-electron chi connectivity index (χ4n) is 0.829. The molecule has 0 aliphatic rings. The molecule has 68 valence electrons. The number of carbonyl (C=O) groups is 2. The molecule has 0 saturated carbocycles. The third-order valence-corrected chi connectivity index (χ3v) is 1.26. The molecule has 0 unspecified atom stereocenters. The van der Waals surface area contributed by atoms with Crippen LogP contribution >= 0.6 is 0 Å². The van der Waals surface area contributed by atoms with E-state index in [1.165, 1.54) is 13.0 Å². The van der Waals surface area contributed by atoms with Crippen molar-refractivity contribution >= 4 is 18.0 Å². The molecule has 0 spiro atoms. The molecule has 0 radical (unpaired) electrons. The Morgan fingerprint density at radius 1 is 1.62 bits per heavy atom. The minimum absolute atomic E-state index is 0.0367. The highest BCUT2D eigenvalue weighted by Gasteiger charge is 2.02. The predicted molar refractivity (Wildman–Crippen MR) is 43.9 cm³/mol. The van der Waals surface area contributed by atoms with Gasteiger partial charge in [0.1, 0.15) is 12.1 Å². The predicted octanol–water partition coefficient (Wildman–Crippen LogP) is 0.992. The van der Waals surface area contributed by atoms with Crippen molar-refractivity contribution in [1.29, 1.82) is 0 Å². The standard InChI is InChI=1S/C8H7FN2O2/c1-5(13)10-8-3-6(4-12)2-7(9)11-8/h2-4H,1H3,(H,10,11,13). The van der Waals surface area contributed by atoms with E-state index in [2.05, 4.69) is 10.3 Å². The number of hydrogen-bond donors (Lipinski definition) is 1. The highest BCUT2D eigenvalue weighted by Crippen LogP contribution is 2.07. The number of nitrogens with zero attached hydrogens (tertiary/aromatic N) is 1. The van der Waals surface area contributed by atoms with Crippen molar-refractivity contribution in [2.75, 3.05) is 5.32 Å². The second kappa shape index (κ2) is 3.75. The molecule has 0 saturated heterocycles. The molecule has 1 amide bonds. The number of hydrogen-bond acceptors (Lipinski definition) is 3. The summed E-state index contributed by atoms with van der Waals surface area (Å²) in [4.78, 5) is 24.2. The molecule has 1 N–H and O–H groups in total. The quantitative estimate of drug-likeness (QED) is 0.548. The maximum atomic E-state index is 12.6. The van der Waals surface area contributed by atoms with E-state index in [9.17, 15) is 14.0 Å². The average molecular weight is 182 g/mol. The van der Waals surface area contributed by atoms with Gasteiger partial charge in [-0.3, -0.25) is 9.59 Å². The molecule has 0 aliphatic heterocycles. The van der Waals surface area contributed by atoms with Gasteiger partial charge in [-0.05, 0) is 6.07 Å². The minimum atomic E-state index is -0.798. The Morgan fingerprint density at radius 3 is 2.85 bits per heavy atom. The number of halogens is 1. The van der Waals surface area contributed by atoms with Crippen LogP contribution in [0.25, 0.3) is 0 Å². The Kier molecular flexibility index (Phi) is 2.69. The van der Waals surface area contributed by atoms with Gasteiger partial charge in [-0.1, -0.05) is 0 Å². The first-order valence-corrected chi connectivity index (χ1v) is 3.52. The van der Waals surface area contributed by atoms with Gasteiger partial charge in [-0.2, -0.15) is 4.39 Å². The molecule has 1 heterocycles. The number of aldehydes is 1. The molecule has 1 aromatic heterocycles. The number of nitrogens with one attached hydrogen (secondary N) is 1. The monoisotopic (exact) mass is 182 g/mol. The molecule has 0 fully saturated rings. The zero-order valence-electron chi connectivity index (χ0n) is 6.87. The number of pyridine rings is 1. The van der Waals surface area contributed by atoms with Crippen molar-refractivity contribution in [2.24, 2.45) is 0 Å². The van der Waals surface area contributed by atoms with Gasteiger partial charge in [0.2, 0.25) is 11.9 Å². The van der Waals surface area contributed by atoms with Crippen LogP contribution in [-0.4, -0.2) is 17.2 Å². The van der Waals surface area contributed by atoms with E-state index in [0.717, 1.165) is 6.07 Å². The van der Waals surface area contributed by atoms with E-state index >= 15 is 0 Å². The average Bonchev–Trinajstić information content (AvgIpc) is 2.01. The lowest BCUT2D eigenvalue weighted by atomic mass is 10.3. The van der Waals surface area contributed by atoms with Gasteiger partial charge in [-0.15, -0.1) is 0 Å². The van der Waals surface area contributed by atoms with Crippen LogP contribution in [0, 0.1) is 5.95 Å². The number of rotatable bonds is 2. The van der Waals surface area contributed by atoms with Crippen molar-refractivity contribution in [1.82, 2.24) is 4.98 Å². The van der Waals surface area contributed by atoms with Crippen LogP contribution in [-0.2, 0) is 4.79 Å². The molecular formula is C8H7FN2O2. The lowest BCUT2D eigenvalue weighted by Crippen LogP contribution is -2.08. The fraction of sp³-hybridized carbons (Fsp3) is 0.125. The summed E-state index contributed by atoms with van der Waals surface area (Å²) in [7, 11) is 0. The van der Waals surface area contributed by atoms with Crippen LogP contribution in [0.15, 0.2) is 12.1 Å². The summed E-state index contributed by atoms with van der Waals surface area (Å²) < 4.78 is 12.6. The first-order valence-electron chi connectivity index (χ1n) is 3.52. The van der Waals surface area contributed by atoms with E-state index in [4.69, 9.17) is 0 Å². The topological polar surface area (TPSA) is 59.1 Å². The maximum Gasteiger partial charge on any atom is 0.222 e. The van der Waals surface area contributed by atoms with Gasteiger partial charge in [0.15, 0.2) is 0 Å². The van der Waals surface area contributed by atoms with E-state index in [0.29, 0.717) is 6.29 Å². The molecule has 1 aromatic rings. The Labute approximate surface area is 73.8 Å². The van der Waals surface area contributed by atoms with Crippen molar-refractivity contribution in [2.45, 2.75) is 6.92 Å². The normalized spacial score (nSPS) is 9.38. The van der Waals surface area contributed by atoms with Crippen LogP contribution in [0.2, 0.25) is 0 Å². The number of carbonyl (C=O) groups excluding carboxylic acids is 2. The molecule has 4 nitrogen and oxygen atoms in total. The van der Waals surface area contributed by atoms with E-state index in [-0.39, 0.29) is 17.3 Å². The summed E-state index contributed by atoms with van der Waals surface area (Å²) in [5, 5.41) is 2.27. The zero-order valence-corrected chi connectivity index (χ0v) is 6.87. The van der Waals surface area contributed by atoms with Gasteiger partial charge < -0.3 is 5.32 Å². The summed E-state index contributed by atoms with van der Waals surface area (Å²) >= 11 is 0. The molecule has 0 aliphatic carbocycles. The lowest BCUT2D eigenvalue weighted by molar-refractivity contribution is -0.114. The van der Waals surface area contributed by atoms with Crippen molar-refractivity contribution in [3.63, 3.8) is 0 Å². The molecule has 1 rings (SSSR count). The Hall–Kier alpha value is -1.78. The Bertz CT molecular complexity index is 352. The van der Waals surface area contributed by atoms with Gasteiger partial charge in [-0.25, -0.2) is 4.98 Å².